The number of aromatic nitrogens is 2. The molecule has 0 saturated heterocycles. The Morgan fingerprint density at radius 3 is 2.67 bits per heavy atom. The lowest BCUT2D eigenvalue weighted by Gasteiger charge is -2.15. The number of nitrogens with one attached hydrogen (secondary N) is 1. The molecule has 0 saturated carbocycles. The van der Waals surface area contributed by atoms with E-state index < -0.39 is 18.8 Å². The van der Waals surface area contributed by atoms with Crippen LogP contribution >= 0.6 is 15.9 Å². The van der Waals surface area contributed by atoms with Crippen molar-refractivity contribution in [3.63, 3.8) is 0 Å². The number of aliphatic hydroxyl groups excluding tert-OH is 1. The Labute approximate surface area is 111 Å². The maximum atomic E-state index is 12.1. The van der Waals surface area contributed by atoms with Crippen LogP contribution in [0.3, 0.4) is 0 Å². The lowest BCUT2D eigenvalue weighted by atomic mass is 10.3. The number of halogens is 4. The van der Waals surface area contributed by atoms with Gasteiger partial charge in [0.1, 0.15) is 16.2 Å². The van der Waals surface area contributed by atoms with Gasteiger partial charge in [0.2, 0.25) is 0 Å². The summed E-state index contributed by atoms with van der Waals surface area (Å²) in [7, 11) is 0. The van der Waals surface area contributed by atoms with Gasteiger partial charge in [0.05, 0.1) is 6.54 Å². The largest absolute Gasteiger partial charge is 0.416 e. The maximum absolute atomic E-state index is 12.1. The average molecular weight is 328 g/mol. The molecule has 0 aliphatic heterocycles. The minimum atomic E-state index is -4.64. The predicted molar refractivity (Wildman–Crippen MR) is 64.3 cm³/mol. The first-order valence-electron chi connectivity index (χ1n) is 5.35. The SMILES string of the molecule is CCCc1nc(Br)cc(NCC(O)C(F)(F)F)n1. The van der Waals surface area contributed by atoms with Crippen molar-refractivity contribution in [3.8, 4) is 0 Å². The maximum Gasteiger partial charge on any atom is 0.416 e. The standard InChI is InChI=1S/C10H13BrF3N3O/c1-2-3-8-16-7(11)4-9(17-8)15-5-6(18)10(12,13)14/h4,6,18H,2-3,5H2,1H3,(H,15,16,17). The minimum absolute atomic E-state index is 0.253. The van der Waals surface area contributed by atoms with Crippen molar-refractivity contribution in [2.24, 2.45) is 0 Å². The van der Waals surface area contributed by atoms with E-state index in [1.165, 1.54) is 6.07 Å². The van der Waals surface area contributed by atoms with E-state index in [-0.39, 0.29) is 5.82 Å². The van der Waals surface area contributed by atoms with E-state index in [4.69, 9.17) is 5.11 Å². The van der Waals surface area contributed by atoms with Gasteiger partial charge in [-0.15, -0.1) is 0 Å². The van der Waals surface area contributed by atoms with Gasteiger partial charge >= 0.3 is 6.18 Å². The third-order valence-corrected chi connectivity index (χ3v) is 2.48. The normalized spacial score (nSPS) is 13.4. The molecule has 0 amide bonds. The van der Waals surface area contributed by atoms with Gasteiger partial charge < -0.3 is 10.4 Å². The summed E-state index contributed by atoms with van der Waals surface area (Å²) in [6.45, 7) is 1.31. The van der Waals surface area contributed by atoms with Crippen LogP contribution in [0, 0.1) is 0 Å². The van der Waals surface area contributed by atoms with Crippen molar-refractivity contribution < 1.29 is 18.3 Å². The number of alkyl halides is 3. The number of aliphatic hydroxyl groups is 1. The van der Waals surface area contributed by atoms with E-state index in [9.17, 15) is 13.2 Å². The van der Waals surface area contributed by atoms with Crippen LogP contribution in [0.25, 0.3) is 0 Å². The quantitative estimate of drug-likeness (QED) is 0.816. The molecule has 1 aromatic heterocycles. The van der Waals surface area contributed by atoms with Gasteiger partial charge in [0.25, 0.3) is 0 Å². The van der Waals surface area contributed by atoms with Crippen molar-refractivity contribution in [1.29, 1.82) is 0 Å². The second kappa shape index (κ2) is 6.33. The van der Waals surface area contributed by atoms with E-state index in [2.05, 4.69) is 31.2 Å². The summed E-state index contributed by atoms with van der Waals surface area (Å²) in [5, 5.41) is 11.3. The Balaban J connectivity index is 2.67. The molecule has 18 heavy (non-hydrogen) atoms. The van der Waals surface area contributed by atoms with Crippen LogP contribution in [0.2, 0.25) is 0 Å². The zero-order chi connectivity index (χ0) is 13.8. The second-order valence-corrected chi connectivity index (χ2v) is 4.49. The number of nitrogens with zero attached hydrogens (tertiary/aromatic N) is 2. The van der Waals surface area contributed by atoms with E-state index in [0.717, 1.165) is 6.42 Å². The topological polar surface area (TPSA) is 58.0 Å². The Morgan fingerprint density at radius 1 is 1.44 bits per heavy atom. The fraction of sp³-hybridized carbons (Fsp3) is 0.600. The van der Waals surface area contributed by atoms with E-state index in [1.807, 2.05) is 6.92 Å². The van der Waals surface area contributed by atoms with Gasteiger partial charge in [-0.05, 0) is 22.4 Å². The highest BCUT2D eigenvalue weighted by atomic mass is 79.9. The Kier molecular flexibility index (Phi) is 5.33. The average Bonchev–Trinajstić information content (AvgIpc) is 2.24. The molecule has 2 N–H and O–H groups in total. The summed E-state index contributed by atoms with van der Waals surface area (Å²) in [5.74, 6) is 0.791. The summed E-state index contributed by atoms with van der Waals surface area (Å²) in [5.41, 5.74) is 0. The monoisotopic (exact) mass is 327 g/mol. The van der Waals surface area contributed by atoms with Crippen LogP contribution in [-0.2, 0) is 6.42 Å². The van der Waals surface area contributed by atoms with Crippen molar-refractivity contribution in [3.05, 3.63) is 16.5 Å². The molecule has 0 fully saturated rings. The predicted octanol–water partition coefficient (Wildman–Crippen LogP) is 2.53. The molecule has 0 radical (unpaired) electrons. The highest BCUT2D eigenvalue weighted by Crippen LogP contribution is 2.20. The molecule has 1 unspecified atom stereocenters. The summed E-state index contributed by atoms with van der Waals surface area (Å²) < 4.78 is 36.8. The molecular formula is C10H13BrF3N3O. The lowest BCUT2D eigenvalue weighted by molar-refractivity contribution is -0.198. The summed E-state index contributed by atoms with van der Waals surface area (Å²) in [4.78, 5) is 8.13. The first-order valence-corrected chi connectivity index (χ1v) is 6.14. The highest BCUT2D eigenvalue weighted by molar-refractivity contribution is 9.10. The molecule has 1 aromatic rings. The van der Waals surface area contributed by atoms with Crippen LogP contribution < -0.4 is 5.32 Å². The first-order chi connectivity index (χ1) is 8.32. The van der Waals surface area contributed by atoms with Gasteiger partial charge in [-0.25, -0.2) is 9.97 Å². The number of anilines is 1. The second-order valence-electron chi connectivity index (χ2n) is 3.68. The van der Waals surface area contributed by atoms with Crippen LogP contribution in [-0.4, -0.2) is 33.9 Å². The molecule has 102 valence electrons. The molecule has 1 rings (SSSR count). The number of hydrogen-bond donors (Lipinski definition) is 2. The molecular weight excluding hydrogens is 315 g/mol. The molecule has 8 heteroatoms. The van der Waals surface area contributed by atoms with Gasteiger partial charge in [-0.3, -0.25) is 0 Å². The lowest BCUT2D eigenvalue weighted by Crippen LogP contribution is -2.35. The Morgan fingerprint density at radius 2 is 2.11 bits per heavy atom. The zero-order valence-electron chi connectivity index (χ0n) is 9.63. The summed E-state index contributed by atoms with van der Waals surface area (Å²) in [6, 6.07) is 1.46. The Hall–Kier alpha value is -0.890. The molecule has 0 aliphatic carbocycles. The minimum Gasteiger partial charge on any atom is -0.382 e. The third-order valence-electron chi connectivity index (χ3n) is 2.07. The fourth-order valence-electron chi connectivity index (χ4n) is 1.21. The molecule has 0 bridgehead atoms. The molecule has 0 aliphatic rings. The van der Waals surface area contributed by atoms with Crippen molar-refractivity contribution in [2.45, 2.75) is 32.0 Å². The molecule has 1 heterocycles. The smallest absolute Gasteiger partial charge is 0.382 e. The molecule has 1 atom stereocenters. The van der Waals surface area contributed by atoms with Crippen molar-refractivity contribution in [1.82, 2.24) is 9.97 Å². The van der Waals surface area contributed by atoms with Gasteiger partial charge in [-0.1, -0.05) is 6.92 Å². The number of rotatable bonds is 5. The van der Waals surface area contributed by atoms with Crippen LogP contribution in [0.1, 0.15) is 19.2 Å². The van der Waals surface area contributed by atoms with Crippen molar-refractivity contribution >= 4 is 21.7 Å². The summed E-state index contributed by atoms with van der Waals surface area (Å²) >= 11 is 3.15. The van der Waals surface area contributed by atoms with Crippen LogP contribution in [0.15, 0.2) is 10.7 Å². The highest BCUT2D eigenvalue weighted by Gasteiger charge is 2.37. The first kappa shape index (κ1) is 15.2. The Bertz CT molecular complexity index is 400. The molecule has 0 spiro atoms. The summed E-state index contributed by atoms with van der Waals surface area (Å²) in [6.07, 6.45) is -5.58. The third kappa shape index (κ3) is 4.77. The zero-order valence-corrected chi connectivity index (χ0v) is 11.2. The van der Waals surface area contributed by atoms with Crippen molar-refractivity contribution in [2.75, 3.05) is 11.9 Å². The number of hydrogen-bond acceptors (Lipinski definition) is 4. The fourth-order valence-corrected chi connectivity index (χ4v) is 1.63. The molecule has 4 nitrogen and oxygen atoms in total. The van der Waals surface area contributed by atoms with E-state index >= 15 is 0 Å². The number of aryl methyl sites for hydroxylation is 1. The molecule has 0 aromatic carbocycles. The van der Waals surface area contributed by atoms with E-state index in [0.29, 0.717) is 16.8 Å². The van der Waals surface area contributed by atoms with Gasteiger partial charge in [0, 0.05) is 12.5 Å². The van der Waals surface area contributed by atoms with Crippen LogP contribution in [0.4, 0.5) is 19.0 Å². The van der Waals surface area contributed by atoms with Gasteiger partial charge in [-0.2, -0.15) is 13.2 Å². The van der Waals surface area contributed by atoms with Crippen LogP contribution in [0.5, 0.6) is 0 Å². The van der Waals surface area contributed by atoms with Gasteiger partial charge in [0.15, 0.2) is 6.10 Å². The van der Waals surface area contributed by atoms with E-state index in [1.54, 1.807) is 0 Å².